The van der Waals surface area contributed by atoms with E-state index in [2.05, 4.69) is 48.5 Å². The van der Waals surface area contributed by atoms with Crippen LogP contribution in [0, 0.1) is 5.92 Å². The Morgan fingerprint density at radius 3 is 1.50 bits per heavy atom. The Hall–Kier alpha value is 0.217. The first-order valence-corrected chi connectivity index (χ1v) is 8.97. The Bertz CT molecular complexity index is 146. The van der Waals surface area contributed by atoms with E-state index in [4.69, 9.17) is 0 Å². The summed E-state index contributed by atoms with van der Waals surface area (Å²) >= 11 is 0. The van der Waals surface area contributed by atoms with Gasteiger partial charge in [-0.05, 0) is 17.4 Å². The van der Waals surface area contributed by atoms with Crippen molar-refractivity contribution < 1.29 is 0 Å². The lowest BCUT2D eigenvalue weighted by molar-refractivity contribution is 0.464. The van der Waals surface area contributed by atoms with Gasteiger partial charge in [-0.15, -0.1) is 0 Å². The average Bonchev–Trinajstić information content (AvgIpc) is 2.05. The molecule has 0 nitrogen and oxygen atoms in total. The first-order chi connectivity index (χ1) is 6.35. The normalized spacial score (nSPS) is 13.7. The Labute approximate surface area is 92.5 Å². The van der Waals surface area contributed by atoms with Gasteiger partial charge in [0.25, 0.3) is 0 Å². The van der Waals surface area contributed by atoms with Crippen LogP contribution < -0.4 is 0 Å². The predicted molar refractivity (Wildman–Crippen MR) is 70.7 cm³/mol. The molecule has 0 saturated heterocycles. The highest BCUT2D eigenvalue weighted by molar-refractivity contribution is 6.82. The van der Waals surface area contributed by atoms with Crippen molar-refractivity contribution in [2.75, 3.05) is 0 Å². The molecular weight excluding hydrogens is 184 g/mol. The average molecular weight is 214 g/mol. The molecule has 0 unspecified atom stereocenters. The fourth-order valence-corrected chi connectivity index (χ4v) is 8.64. The van der Waals surface area contributed by atoms with E-state index in [1.165, 1.54) is 24.6 Å². The molecule has 14 heavy (non-hydrogen) atoms. The summed E-state index contributed by atoms with van der Waals surface area (Å²) in [6, 6.07) is 4.37. The van der Waals surface area contributed by atoms with Crippen LogP contribution in [0.15, 0.2) is 0 Å². The fraction of sp³-hybridized carbons (Fsp3) is 1.00. The van der Waals surface area contributed by atoms with Crippen LogP contribution in [0.25, 0.3) is 0 Å². The van der Waals surface area contributed by atoms with Gasteiger partial charge in [0.05, 0.1) is 8.07 Å². The molecule has 0 fully saturated rings. The minimum Gasteiger partial charge on any atom is -0.0678 e. The SMILES string of the molecule is CC[Si](CC)(CC)C(C)(C)CC(C)C. The van der Waals surface area contributed by atoms with E-state index in [9.17, 15) is 0 Å². The van der Waals surface area contributed by atoms with Crippen molar-refractivity contribution in [3.8, 4) is 0 Å². The zero-order valence-electron chi connectivity index (χ0n) is 11.4. The van der Waals surface area contributed by atoms with E-state index in [1.807, 2.05) is 0 Å². The maximum atomic E-state index is 2.52. The fourth-order valence-electron chi connectivity index (χ4n) is 3.42. The van der Waals surface area contributed by atoms with Crippen LogP contribution in [0.3, 0.4) is 0 Å². The lowest BCUT2D eigenvalue weighted by atomic mass is 10.00. The molecule has 1 heteroatoms. The van der Waals surface area contributed by atoms with Gasteiger partial charge >= 0.3 is 0 Å². The van der Waals surface area contributed by atoms with Gasteiger partial charge in [-0.1, -0.05) is 66.6 Å². The molecule has 0 aliphatic rings. The van der Waals surface area contributed by atoms with Crippen molar-refractivity contribution in [3.63, 3.8) is 0 Å². The van der Waals surface area contributed by atoms with E-state index in [1.54, 1.807) is 0 Å². The molecule has 0 atom stereocenters. The molecule has 0 aromatic heterocycles. The zero-order valence-corrected chi connectivity index (χ0v) is 12.4. The molecule has 0 aliphatic carbocycles. The highest BCUT2D eigenvalue weighted by atomic mass is 28.3. The summed E-state index contributed by atoms with van der Waals surface area (Å²) in [4.78, 5) is 0. The molecule has 0 saturated carbocycles. The third kappa shape index (κ3) is 2.85. The summed E-state index contributed by atoms with van der Waals surface area (Å²) in [6.45, 7) is 17.0. The molecule has 0 aromatic rings. The van der Waals surface area contributed by atoms with Crippen LogP contribution in [0.1, 0.15) is 54.9 Å². The lowest BCUT2D eigenvalue weighted by Crippen LogP contribution is -2.43. The van der Waals surface area contributed by atoms with Crippen molar-refractivity contribution in [1.29, 1.82) is 0 Å². The monoisotopic (exact) mass is 214 g/mol. The summed E-state index contributed by atoms with van der Waals surface area (Å²) in [7, 11) is -1.01. The Kier molecular flexibility index (Phi) is 5.42. The van der Waals surface area contributed by atoms with Gasteiger partial charge in [0.2, 0.25) is 0 Å². The third-order valence-electron chi connectivity index (χ3n) is 4.38. The molecule has 0 aromatic carbocycles. The smallest absolute Gasteiger partial charge is 0.0584 e. The van der Waals surface area contributed by atoms with E-state index >= 15 is 0 Å². The van der Waals surface area contributed by atoms with E-state index in [0.717, 1.165) is 5.92 Å². The Morgan fingerprint density at radius 2 is 1.29 bits per heavy atom. The van der Waals surface area contributed by atoms with Crippen LogP contribution >= 0.6 is 0 Å². The minimum absolute atomic E-state index is 0.624. The second-order valence-corrected chi connectivity index (χ2v) is 11.9. The molecule has 0 amide bonds. The summed E-state index contributed by atoms with van der Waals surface area (Å²) in [5.74, 6) is 0.849. The first kappa shape index (κ1) is 14.2. The lowest BCUT2D eigenvalue weighted by Gasteiger charge is -2.45. The summed E-state index contributed by atoms with van der Waals surface area (Å²) in [5, 5.41) is 0.624. The number of rotatable bonds is 6. The van der Waals surface area contributed by atoms with E-state index in [-0.39, 0.29) is 0 Å². The highest BCUT2D eigenvalue weighted by Crippen LogP contribution is 2.48. The van der Waals surface area contributed by atoms with Crippen molar-refractivity contribution >= 4 is 8.07 Å². The van der Waals surface area contributed by atoms with Crippen molar-refractivity contribution in [2.24, 2.45) is 5.92 Å². The van der Waals surface area contributed by atoms with Crippen molar-refractivity contribution in [2.45, 2.75) is 78.1 Å². The van der Waals surface area contributed by atoms with Crippen LogP contribution in [-0.2, 0) is 0 Å². The number of hydrogen-bond acceptors (Lipinski definition) is 0. The van der Waals surface area contributed by atoms with Crippen LogP contribution in [0.4, 0.5) is 0 Å². The van der Waals surface area contributed by atoms with Gasteiger partial charge < -0.3 is 0 Å². The number of hydrogen-bond donors (Lipinski definition) is 0. The molecule has 0 heterocycles. The maximum Gasteiger partial charge on any atom is 0.0584 e. The Balaban J connectivity index is 4.78. The topological polar surface area (TPSA) is 0 Å². The molecule has 0 N–H and O–H groups in total. The van der Waals surface area contributed by atoms with Crippen LogP contribution in [-0.4, -0.2) is 8.07 Å². The summed E-state index contributed by atoms with van der Waals surface area (Å²) < 4.78 is 0. The minimum atomic E-state index is -1.01. The third-order valence-corrected chi connectivity index (χ3v) is 11.5. The van der Waals surface area contributed by atoms with Crippen molar-refractivity contribution in [1.82, 2.24) is 0 Å². The maximum absolute atomic E-state index is 2.52. The molecule has 0 rings (SSSR count). The largest absolute Gasteiger partial charge is 0.0678 e. The molecule has 0 spiro atoms. The second kappa shape index (κ2) is 5.34. The van der Waals surface area contributed by atoms with Gasteiger partial charge in [0.15, 0.2) is 0 Å². The highest BCUT2D eigenvalue weighted by Gasteiger charge is 2.42. The molecule has 0 radical (unpaired) electrons. The van der Waals surface area contributed by atoms with Crippen LogP contribution in [0.2, 0.25) is 23.2 Å². The van der Waals surface area contributed by atoms with E-state index in [0.29, 0.717) is 5.04 Å². The molecule has 0 aliphatic heterocycles. The van der Waals surface area contributed by atoms with Crippen molar-refractivity contribution in [3.05, 3.63) is 0 Å². The van der Waals surface area contributed by atoms with Gasteiger partial charge in [-0.3, -0.25) is 0 Å². The summed E-state index contributed by atoms with van der Waals surface area (Å²) in [6.07, 6.45) is 1.41. The van der Waals surface area contributed by atoms with Gasteiger partial charge in [0, 0.05) is 0 Å². The van der Waals surface area contributed by atoms with Gasteiger partial charge in [-0.2, -0.15) is 0 Å². The first-order valence-electron chi connectivity index (χ1n) is 6.35. The standard InChI is InChI=1S/C13H30Si/c1-8-14(9-2,10-3)13(6,7)11-12(4)5/h12H,8-11H2,1-7H3. The molecule has 0 bridgehead atoms. The quantitative estimate of drug-likeness (QED) is 0.525. The van der Waals surface area contributed by atoms with E-state index < -0.39 is 8.07 Å². The summed E-state index contributed by atoms with van der Waals surface area (Å²) in [5.41, 5.74) is 0. The Morgan fingerprint density at radius 1 is 0.929 bits per heavy atom. The van der Waals surface area contributed by atoms with Gasteiger partial charge in [0.1, 0.15) is 0 Å². The van der Waals surface area contributed by atoms with Crippen LogP contribution in [0.5, 0.6) is 0 Å². The zero-order chi connectivity index (χ0) is 11.4. The second-order valence-electron chi connectivity index (χ2n) is 5.82. The van der Waals surface area contributed by atoms with Gasteiger partial charge in [-0.25, -0.2) is 0 Å². The molecule has 86 valence electrons. The predicted octanol–water partition coefficient (Wildman–Crippen LogP) is 5.32. The molecular formula is C13H30Si.